The fourth-order valence-electron chi connectivity index (χ4n) is 4.75. The molecule has 0 radical (unpaired) electrons. The molecule has 24 heavy (non-hydrogen) atoms. The molecule has 2 bridgehead atoms. The van der Waals surface area contributed by atoms with E-state index in [-0.39, 0.29) is 21.8 Å². The van der Waals surface area contributed by atoms with E-state index in [9.17, 15) is 13.5 Å². The topological polar surface area (TPSA) is 108 Å². The third-order valence-electron chi connectivity index (χ3n) is 6.65. The van der Waals surface area contributed by atoms with Gasteiger partial charge in [0.2, 0.25) is 5.03 Å². The van der Waals surface area contributed by atoms with Crippen LogP contribution in [-0.2, 0) is 10.0 Å². The summed E-state index contributed by atoms with van der Waals surface area (Å²) < 4.78 is 28.5. The van der Waals surface area contributed by atoms with Crippen LogP contribution in [0, 0.1) is 16.7 Å². The Morgan fingerprint density at radius 3 is 2.79 bits per heavy atom. The van der Waals surface area contributed by atoms with Crippen LogP contribution in [0.4, 0.5) is 0 Å². The van der Waals surface area contributed by atoms with Crippen molar-refractivity contribution in [3.05, 3.63) is 18.3 Å². The maximum atomic E-state index is 12.9. The number of hydrogen-bond donors (Lipinski definition) is 3. The van der Waals surface area contributed by atoms with Gasteiger partial charge in [0.1, 0.15) is 0 Å². The number of rotatable bonds is 3. The summed E-state index contributed by atoms with van der Waals surface area (Å²) in [6, 6.07) is 2.85. The third-order valence-corrected chi connectivity index (χ3v) is 8.05. The molecule has 2 heterocycles. The van der Waals surface area contributed by atoms with Gasteiger partial charge in [0.25, 0.3) is 10.0 Å². The van der Waals surface area contributed by atoms with Crippen molar-refractivity contribution in [1.82, 2.24) is 19.9 Å². The summed E-state index contributed by atoms with van der Waals surface area (Å²) in [5.74, 6) is 0.107. The van der Waals surface area contributed by atoms with E-state index in [0.29, 0.717) is 11.0 Å². The second-order valence-corrected chi connectivity index (χ2v) is 9.43. The summed E-state index contributed by atoms with van der Waals surface area (Å²) in [5.41, 5.74) is 0.0353. The maximum absolute atomic E-state index is 12.9. The number of fused-ring (bicyclic) bond motifs is 3. The van der Waals surface area contributed by atoms with Crippen molar-refractivity contribution in [3.63, 3.8) is 0 Å². The Hall–Kier alpha value is -1.51. The van der Waals surface area contributed by atoms with Gasteiger partial charge in [-0.2, -0.15) is 5.10 Å². The molecule has 2 fully saturated rings. The van der Waals surface area contributed by atoms with Crippen molar-refractivity contribution in [1.29, 1.82) is 0 Å². The van der Waals surface area contributed by atoms with Crippen molar-refractivity contribution < 1.29 is 13.5 Å². The highest BCUT2D eigenvalue weighted by molar-refractivity contribution is 7.89. The van der Waals surface area contributed by atoms with Gasteiger partial charge in [-0.05, 0) is 36.3 Å². The predicted octanol–water partition coefficient (Wildman–Crippen LogP) is 1.42. The first-order valence-corrected chi connectivity index (χ1v) is 9.66. The molecular weight excluding hydrogens is 328 g/mol. The molecule has 7 nitrogen and oxygen atoms in total. The second-order valence-electron chi connectivity index (χ2n) is 7.80. The fourth-order valence-corrected chi connectivity index (χ4v) is 6.14. The molecule has 4 rings (SSSR count). The summed E-state index contributed by atoms with van der Waals surface area (Å²) in [6.07, 6.45) is 2.70. The molecule has 3 N–H and O–H groups in total. The zero-order valence-electron chi connectivity index (χ0n) is 13.9. The van der Waals surface area contributed by atoms with E-state index in [1.807, 2.05) is 0 Å². The number of pyridine rings is 1. The van der Waals surface area contributed by atoms with Crippen LogP contribution in [-0.4, -0.2) is 40.9 Å². The van der Waals surface area contributed by atoms with E-state index in [4.69, 9.17) is 0 Å². The Morgan fingerprint density at radius 1 is 1.38 bits per heavy atom. The molecular formula is C16H22N4O3S. The minimum Gasteiger partial charge on any atom is -0.391 e. The number of nitrogens with one attached hydrogen (secondary N) is 2. The first-order valence-electron chi connectivity index (χ1n) is 8.18. The summed E-state index contributed by atoms with van der Waals surface area (Å²) in [5, 5.41) is 17.7. The molecule has 2 aromatic rings. The highest BCUT2D eigenvalue weighted by Gasteiger charge is 2.66. The number of H-pyrrole nitrogens is 1. The molecule has 2 aromatic heterocycles. The van der Waals surface area contributed by atoms with Crippen molar-refractivity contribution in [2.24, 2.45) is 16.7 Å². The molecule has 0 spiro atoms. The number of sulfonamides is 1. The van der Waals surface area contributed by atoms with Crippen molar-refractivity contribution in [2.45, 2.75) is 50.8 Å². The van der Waals surface area contributed by atoms with Crippen LogP contribution in [0.3, 0.4) is 0 Å². The number of aliphatic hydroxyl groups is 1. The lowest BCUT2D eigenvalue weighted by atomic mass is 9.70. The summed E-state index contributed by atoms with van der Waals surface area (Å²) in [7, 11) is -3.85. The smallest absolute Gasteiger partial charge is 0.260 e. The zero-order chi connectivity index (χ0) is 17.3. The van der Waals surface area contributed by atoms with Crippen LogP contribution >= 0.6 is 0 Å². The average Bonchev–Trinajstić information content (AvgIpc) is 3.08. The van der Waals surface area contributed by atoms with E-state index in [1.165, 1.54) is 0 Å². The number of aromatic nitrogens is 3. The minimum absolute atomic E-state index is 0.0662. The van der Waals surface area contributed by atoms with E-state index in [0.717, 1.165) is 12.8 Å². The Morgan fingerprint density at radius 2 is 2.12 bits per heavy atom. The summed E-state index contributed by atoms with van der Waals surface area (Å²) >= 11 is 0. The van der Waals surface area contributed by atoms with Crippen molar-refractivity contribution in [2.75, 3.05) is 0 Å². The molecule has 2 aliphatic rings. The summed E-state index contributed by atoms with van der Waals surface area (Å²) in [4.78, 5) is 4.07. The van der Waals surface area contributed by atoms with Gasteiger partial charge in [-0.1, -0.05) is 20.8 Å². The Kier molecular flexibility index (Phi) is 3.18. The molecule has 0 amide bonds. The lowest BCUT2D eigenvalue weighted by molar-refractivity contribution is 0.00347. The van der Waals surface area contributed by atoms with Crippen LogP contribution in [0.5, 0.6) is 0 Å². The van der Waals surface area contributed by atoms with E-state index in [2.05, 4.69) is 40.7 Å². The van der Waals surface area contributed by atoms with Gasteiger partial charge < -0.3 is 5.11 Å². The van der Waals surface area contributed by atoms with Gasteiger partial charge in [-0.15, -0.1) is 0 Å². The van der Waals surface area contributed by atoms with Gasteiger partial charge in [-0.25, -0.2) is 18.1 Å². The maximum Gasteiger partial charge on any atom is 0.260 e. The second kappa shape index (κ2) is 4.77. The zero-order valence-corrected chi connectivity index (χ0v) is 14.8. The average molecular weight is 350 g/mol. The van der Waals surface area contributed by atoms with Crippen LogP contribution in [0.25, 0.3) is 11.0 Å². The fraction of sp³-hybridized carbons (Fsp3) is 0.625. The third kappa shape index (κ3) is 1.87. The lowest BCUT2D eigenvalue weighted by Crippen LogP contribution is -2.49. The normalized spacial score (nSPS) is 34.9. The van der Waals surface area contributed by atoms with Crippen LogP contribution in [0.15, 0.2) is 23.4 Å². The van der Waals surface area contributed by atoms with E-state index in [1.54, 1.807) is 18.3 Å². The molecule has 0 aliphatic heterocycles. The minimum atomic E-state index is -3.85. The van der Waals surface area contributed by atoms with Gasteiger partial charge in [0.05, 0.1) is 17.5 Å². The Labute approximate surface area is 140 Å². The first kappa shape index (κ1) is 16.0. The van der Waals surface area contributed by atoms with E-state index < -0.39 is 22.2 Å². The molecule has 2 unspecified atom stereocenters. The highest BCUT2D eigenvalue weighted by atomic mass is 32.2. The first-order chi connectivity index (χ1) is 11.2. The highest BCUT2D eigenvalue weighted by Crippen LogP contribution is 2.65. The molecule has 130 valence electrons. The van der Waals surface area contributed by atoms with Crippen LogP contribution < -0.4 is 4.72 Å². The van der Waals surface area contributed by atoms with Gasteiger partial charge in [0.15, 0.2) is 5.65 Å². The predicted molar refractivity (Wildman–Crippen MR) is 88.6 cm³/mol. The van der Waals surface area contributed by atoms with Gasteiger partial charge in [-0.3, -0.25) is 5.10 Å². The number of aliphatic hydroxyl groups excluding tert-OH is 1. The van der Waals surface area contributed by atoms with Gasteiger partial charge >= 0.3 is 0 Å². The Bertz CT molecular complexity index is 907. The number of nitrogens with zero attached hydrogens (tertiary/aromatic N) is 2. The van der Waals surface area contributed by atoms with E-state index >= 15 is 0 Å². The molecule has 2 saturated carbocycles. The van der Waals surface area contributed by atoms with Crippen LogP contribution in [0.1, 0.15) is 33.6 Å². The Balaban J connectivity index is 1.71. The molecule has 0 aromatic carbocycles. The quantitative estimate of drug-likeness (QED) is 0.776. The van der Waals surface area contributed by atoms with Crippen molar-refractivity contribution in [3.8, 4) is 0 Å². The number of hydrogen-bond acceptors (Lipinski definition) is 5. The SMILES string of the molecule is CC1(C)C2CCC1(C)[C@H](O)[C@@H]2NS(=O)(=O)c1n[nH]c2ncccc12. The number of aromatic amines is 1. The monoisotopic (exact) mass is 350 g/mol. The van der Waals surface area contributed by atoms with Crippen LogP contribution in [0.2, 0.25) is 0 Å². The standard InChI is InChI=1S/C16H22N4O3S/c1-15(2)10-6-7-16(15,3)12(21)11(10)20-24(22,23)14-9-5-4-8-17-13(9)18-19-14/h4-5,8,10-12,20-21H,6-7H2,1-3H3,(H,17,18,19)/t10?,11-,12-,16?/m1/s1. The van der Waals surface area contributed by atoms with Gasteiger partial charge in [0, 0.05) is 11.6 Å². The summed E-state index contributed by atoms with van der Waals surface area (Å²) in [6.45, 7) is 6.30. The van der Waals surface area contributed by atoms with Crippen molar-refractivity contribution >= 4 is 21.1 Å². The molecule has 4 atom stereocenters. The molecule has 0 saturated heterocycles. The largest absolute Gasteiger partial charge is 0.391 e. The lowest BCUT2D eigenvalue weighted by Gasteiger charge is -2.37. The molecule has 8 heteroatoms. The molecule has 2 aliphatic carbocycles.